The molecule has 5 nitrogen and oxygen atoms in total. The van der Waals surface area contributed by atoms with Crippen LogP contribution >= 0.6 is 0 Å². The second kappa shape index (κ2) is 14.3. The first kappa shape index (κ1) is 42.2. The van der Waals surface area contributed by atoms with E-state index in [0.717, 1.165) is 55.5 Å². The van der Waals surface area contributed by atoms with Crippen molar-refractivity contribution in [3.05, 3.63) is 220 Å². The van der Waals surface area contributed by atoms with Crippen molar-refractivity contribution < 1.29 is 0 Å². The molecule has 15 rings (SSSR count). The summed E-state index contributed by atoms with van der Waals surface area (Å²) in [4.78, 5) is 0. The Bertz CT molecular complexity index is 4620. The monoisotopic (exact) mass is 939 g/mol. The molecule has 0 unspecified atom stereocenters. The average molecular weight is 940 g/mol. The summed E-state index contributed by atoms with van der Waals surface area (Å²) in [5.41, 5.74) is 21.7. The van der Waals surface area contributed by atoms with E-state index in [1.165, 1.54) is 93.7 Å². The van der Waals surface area contributed by atoms with E-state index in [4.69, 9.17) is 10.2 Å². The van der Waals surface area contributed by atoms with Crippen molar-refractivity contribution in [3.8, 4) is 50.7 Å². The van der Waals surface area contributed by atoms with E-state index in [1.54, 1.807) is 0 Å². The molecule has 0 amide bonds. The number of hydrogen-bond donors (Lipinski definition) is 0. The predicted molar refractivity (Wildman–Crippen MR) is 304 cm³/mol. The fourth-order valence-corrected chi connectivity index (χ4v) is 14.0. The Morgan fingerprint density at radius 2 is 0.822 bits per heavy atom. The smallest absolute Gasteiger partial charge is 0.184 e. The maximum atomic E-state index is 5.57. The highest BCUT2D eigenvalue weighted by Gasteiger charge is 2.39. The first-order valence-electron chi connectivity index (χ1n) is 25.7. The quantitative estimate of drug-likeness (QED) is 0.176. The van der Waals surface area contributed by atoms with E-state index < -0.39 is 0 Å². The molecule has 12 aromatic rings. The Morgan fingerprint density at radius 1 is 0.397 bits per heavy atom. The molecule has 0 N–H and O–H groups in total. The molecule has 73 heavy (non-hydrogen) atoms. The van der Waals surface area contributed by atoms with Crippen molar-refractivity contribution in [3.63, 3.8) is 0 Å². The Balaban J connectivity index is 1.09. The van der Waals surface area contributed by atoms with Gasteiger partial charge in [-0.2, -0.15) is 0 Å². The highest BCUT2D eigenvalue weighted by Crippen LogP contribution is 2.54. The van der Waals surface area contributed by atoms with Crippen LogP contribution < -0.4 is 10.6 Å². The minimum absolute atomic E-state index is 0.197. The van der Waals surface area contributed by atoms with Gasteiger partial charge in [-0.1, -0.05) is 169 Å². The van der Waals surface area contributed by atoms with Gasteiger partial charge in [0.1, 0.15) is 0 Å². The number of fused-ring (bicyclic) bond motifs is 16. The number of aromatic nitrogens is 5. The topological polar surface area (TPSA) is 40.6 Å². The zero-order chi connectivity index (χ0) is 49.4. The number of para-hydroxylation sites is 2. The van der Waals surface area contributed by atoms with E-state index in [1.807, 2.05) is 6.08 Å². The van der Waals surface area contributed by atoms with Crippen molar-refractivity contribution in [2.24, 2.45) is 0 Å². The lowest BCUT2D eigenvalue weighted by molar-refractivity contribution is 0.660. The Kier molecular flexibility index (Phi) is 8.28. The second-order valence-corrected chi connectivity index (χ2v) is 22.2. The molecular formula is C68H53N5. The number of hydrogen-bond acceptors (Lipinski definition) is 2. The second-order valence-electron chi connectivity index (χ2n) is 22.2. The summed E-state index contributed by atoms with van der Waals surface area (Å²) in [6.45, 7) is 20.6. The third-order valence-electron chi connectivity index (χ3n) is 17.5. The van der Waals surface area contributed by atoms with Crippen LogP contribution in [0.3, 0.4) is 0 Å². The number of benzene rings is 8. The van der Waals surface area contributed by atoms with Gasteiger partial charge in [0, 0.05) is 54.5 Å². The van der Waals surface area contributed by atoms with Crippen molar-refractivity contribution in [2.75, 3.05) is 0 Å². The minimum Gasteiger partial charge on any atom is -0.306 e. The Labute approximate surface area is 424 Å². The lowest BCUT2D eigenvalue weighted by atomic mass is 9.82. The number of rotatable bonds is 4. The minimum atomic E-state index is -0.205. The molecule has 3 aliphatic rings. The van der Waals surface area contributed by atoms with Crippen LogP contribution in [-0.4, -0.2) is 23.9 Å². The molecule has 0 spiro atoms. The highest BCUT2D eigenvalue weighted by molar-refractivity contribution is 6.14. The van der Waals surface area contributed by atoms with E-state index in [9.17, 15) is 0 Å². The summed E-state index contributed by atoms with van der Waals surface area (Å²) in [7, 11) is 0. The van der Waals surface area contributed by atoms with E-state index >= 15 is 0 Å². The summed E-state index contributed by atoms with van der Waals surface area (Å²) in [6, 6.07) is 61.5. The van der Waals surface area contributed by atoms with Crippen LogP contribution in [0, 0.1) is 0 Å². The number of nitrogens with zero attached hydrogens (tertiary/aromatic N) is 5. The average Bonchev–Trinajstić information content (AvgIpc) is 4.18. The molecular weight excluding hydrogens is 887 g/mol. The summed E-state index contributed by atoms with van der Waals surface area (Å²) in [5, 5.41) is 19.1. The van der Waals surface area contributed by atoms with Crippen molar-refractivity contribution in [2.45, 2.75) is 64.7 Å². The molecule has 0 radical (unpaired) electrons. The first-order valence-corrected chi connectivity index (χ1v) is 25.7. The van der Waals surface area contributed by atoms with E-state index in [-0.39, 0.29) is 16.2 Å². The zero-order valence-corrected chi connectivity index (χ0v) is 42.3. The summed E-state index contributed by atoms with van der Waals surface area (Å²) < 4.78 is 7.21. The molecule has 3 aliphatic carbocycles. The normalized spacial score (nSPS) is 15.9. The highest BCUT2D eigenvalue weighted by atomic mass is 15.3. The van der Waals surface area contributed by atoms with Gasteiger partial charge in [0.2, 0.25) is 0 Å². The fourth-order valence-electron chi connectivity index (χ4n) is 14.0. The van der Waals surface area contributed by atoms with Gasteiger partial charge in [0.25, 0.3) is 0 Å². The summed E-state index contributed by atoms with van der Waals surface area (Å²) in [6.07, 6.45) is 6.27. The molecule has 8 aromatic carbocycles. The zero-order valence-electron chi connectivity index (χ0n) is 42.3. The van der Waals surface area contributed by atoms with Crippen LogP contribution in [0.25, 0.3) is 117 Å². The van der Waals surface area contributed by atoms with Crippen LogP contribution in [0.1, 0.15) is 81.8 Å². The molecule has 4 aromatic heterocycles. The van der Waals surface area contributed by atoms with Gasteiger partial charge in [-0.3, -0.25) is 9.13 Å². The maximum Gasteiger partial charge on any atom is 0.184 e. The van der Waals surface area contributed by atoms with Crippen LogP contribution in [0.4, 0.5) is 0 Å². The van der Waals surface area contributed by atoms with E-state index in [0.29, 0.717) is 0 Å². The fraction of sp³-hybridized carbons (Fsp3) is 0.147. The third kappa shape index (κ3) is 5.31. The number of allylic oxidation sites excluding steroid dienone is 1. The van der Waals surface area contributed by atoms with Gasteiger partial charge in [-0.05, 0) is 128 Å². The van der Waals surface area contributed by atoms with Gasteiger partial charge in [0.05, 0.1) is 38.6 Å². The van der Waals surface area contributed by atoms with Gasteiger partial charge in [-0.15, -0.1) is 10.2 Å². The van der Waals surface area contributed by atoms with Crippen LogP contribution in [0.2, 0.25) is 0 Å². The molecule has 0 saturated heterocycles. The van der Waals surface area contributed by atoms with Gasteiger partial charge in [0.15, 0.2) is 11.6 Å². The molecule has 0 bridgehead atoms. The standard InChI is InChI=1S/C68H53N5/c1-9-21-57-39(10-2)48-32-45-40-22-11-16-27-51(40)67(5,6)55(45)36-61(48)72(57)64-38-63(71-58-30-19-14-25-43(58)49-33-46-41-23-12-17-28-52(41)66(3,4)54(46)35-60(49)71)65(70-69-64)73-59-31-20-15-26-44(59)50-34-47-42-24-13-18-29-53(42)68(7,8)56(47)37-62(50)73/h9-38H,1H2,2-8H3/b39-10-,57-21+. The van der Waals surface area contributed by atoms with E-state index in [2.05, 4.69) is 245 Å². The third-order valence-corrected chi connectivity index (χ3v) is 17.5. The van der Waals surface area contributed by atoms with Crippen molar-refractivity contribution in [1.82, 2.24) is 23.9 Å². The largest absolute Gasteiger partial charge is 0.306 e. The molecule has 0 fully saturated rings. The van der Waals surface area contributed by atoms with Gasteiger partial charge >= 0.3 is 0 Å². The first-order chi connectivity index (χ1) is 35.4. The SMILES string of the molecule is C=C/C=c1\c(=C/C)c2cc3c(cc2n1-c1cc(-n2c4ccccc4c4cc5c(cc42)C(C)(C)c2ccccc2-5)c(-n2c4ccccc4c4cc5c(cc42)C(C)(C)c2ccccc2-5)nn1)C(C)(C)c1ccccc1-3. The Morgan fingerprint density at radius 3 is 1.32 bits per heavy atom. The van der Waals surface area contributed by atoms with Crippen LogP contribution in [-0.2, 0) is 16.2 Å². The predicted octanol–water partition coefficient (Wildman–Crippen LogP) is 15.3. The van der Waals surface area contributed by atoms with Gasteiger partial charge < -0.3 is 4.57 Å². The van der Waals surface area contributed by atoms with Gasteiger partial charge in [-0.25, -0.2) is 0 Å². The lowest BCUT2D eigenvalue weighted by Crippen LogP contribution is -2.28. The van der Waals surface area contributed by atoms with Crippen LogP contribution in [0.5, 0.6) is 0 Å². The summed E-state index contributed by atoms with van der Waals surface area (Å²) in [5.74, 6) is 1.50. The maximum absolute atomic E-state index is 5.57. The Hall–Kier alpha value is -8.54. The van der Waals surface area contributed by atoms with Crippen molar-refractivity contribution >= 4 is 66.7 Å². The molecule has 0 aliphatic heterocycles. The molecule has 0 atom stereocenters. The molecule has 5 heteroatoms. The molecule has 350 valence electrons. The summed E-state index contributed by atoms with van der Waals surface area (Å²) >= 11 is 0. The lowest BCUT2D eigenvalue weighted by Gasteiger charge is -2.22. The molecule has 0 saturated carbocycles. The van der Waals surface area contributed by atoms with Crippen LogP contribution in [0.15, 0.2) is 176 Å². The molecule has 4 heterocycles. The van der Waals surface area contributed by atoms with Crippen molar-refractivity contribution in [1.29, 1.82) is 0 Å².